The molecule has 5 nitrogen and oxygen atoms in total. The van der Waals surface area contributed by atoms with Crippen molar-refractivity contribution in [2.45, 2.75) is 6.42 Å². The van der Waals surface area contributed by atoms with Crippen LogP contribution in [0.15, 0.2) is 24.3 Å². The average molecular weight is 357 g/mol. The summed E-state index contributed by atoms with van der Waals surface area (Å²) in [6.07, 6.45) is 1.03. The molecular formula is C19H23N3O2S. The SMILES string of the molecule is COC(=O)c1cc2c([nH]c3cccc(CCN4CCN(C)CC4)c32)s1. The molecule has 0 radical (unpaired) electrons. The lowest BCUT2D eigenvalue weighted by Crippen LogP contribution is -2.45. The third-order valence-electron chi connectivity index (χ3n) is 5.08. The molecule has 0 saturated carbocycles. The number of thiophene rings is 1. The van der Waals surface area contributed by atoms with E-state index in [1.165, 1.54) is 29.4 Å². The number of likely N-dealkylation sites (N-methyl/N-ethyl adjacent to an activating group) is 1. The molecule has 2 aromatic heterocycles. The van der Waals surface area contributed by atoms with Crippen LogP contribution in [0.25, 0.3) is 21.1 Å². The number of aromatic amines is 1. The molecule has 3 heterocycles. The number of hydrogen-bond acceptors (Lipinski definition) is 5. The summed E-state index contributed by atoms with van der Waals surface area (Å²) < 4.78 is 4.86. The number of piperazine rings is 1. The van der Waals surface area contributed by atoms with E-state index in [1.54, 1.807) is 0 Å². The molecular weight excluding hydrogens is 334 g/mol. The van der Waals surface area contributed by atoms with Crippen LogP contribution in [-0.2, 0) is 11.2 Å². The maximum absolute atomic E-state index is 11.8. The monoisotopic (exact) mass is 357 g/mol. The molecule has 0 unspecified atom stereocenters. The fraction of sp³-hybridized carbons (Fsp3) is 0.421. The van der Waals surface area contributed by atoms with Gasteiger partial charge in [0.1, 0.15) is 9.71 Å². The number of aromatic nitrogens is 1. The molecule has 0 bridgehead atoms. The van der Waals surface area contributed by atoms with Gasteiger partial charge in [-0.2, -0.15) is 0 Å². The summed E-state index contributed by atoms with van der Waals surface area (Å²) in [7, 11) is 3.61. The molecule has 132 valence electrons. The first kappa shape index (κ1) is 16.6. The van der Waals surface area contributed by atoms with E-state index >= 15 is 0 Å². The van der Waals surface area contributed by atoms with Crippen molar-refractivity contribution in [3.05, 3.63) is 34.7 Å². The Hall–Kier alpha value is -1.89. The van der Waals surface area contributed by atoms with Crippen LogP contribution >= 0.6 is 11.3 Å². The van der Waals surface area contributed by atoms with Crippen molar-refractivity contribution in [2.24, 2.45) is 0 Å². The van der Waals surface area contributed by atoms with Crippen LogP contribution in [-0.4, -0.2) is 67.6 Å². The largest absolute Gasteiger partial charge is 0.465 e. The molecule has 0 atom stereocenters. The van der Waals surface area contributed by atoms with Crippen molar-refractivity contribution in [2.75, 3.05) is 46.9 Å². The zero-order chi connectivity index (χ0) is 17.4. The predicted molar refractivity (Wildman–Crippen MR) is 103 cm³/mol. The van der Waals surface area contributed by atoms with Gasteiger partial charge in [-0.15, -0.1) is 11.3 Å². The minimum absolute atomic E-state index is 0.266. The van der Waals surface area contributed by atoms with Crippen LogP contribution in [0.2, 0.25) is 0 Å². The Morgan fingerprint density at radius 1 is 1.28 bits per heavy atom. The van der Waals surface area contributed by atoms with Crippen LogP contribution < -0.4 is 0 Å². The molecule has 3 aromatic rings. The Kier molecular flexibility index (Phi) is 4.50. The molecule has 1 aromatic carbocycles. The number of H-pyrrole nitrogens is 1. The molecule has 1 fully saturated rings. The maximum Gasteiger partial charge on any atom is 0.348 e. The van der Waals surface area contributed by atoms with E-state index in [-0.39, 0.29) is 5.97 Å². The maximum atomic E-state index is 11.8. The summed E-state index contributed by atoms with van der Waals surface area (Å²) in [5.74, 6) is -0.266. The van der Waals surface area contributed by atoms with Gasteiger partial charge < -0.3 is 19.5 Å². The molecule has 1 N–H and O–H groups in total. The average Bonchev–Trinajstić information content (AvgIpc) is 3.18. The number of methoxy groups -OCH3 is 1. The summed E-state index contributed by atoms with van der Waals surface area (Å²) in [6, 6.07) is 8.40. The minimum Gasteiger partial charge on any atom is -0.465 e. The fourth-order valence-corrected chi connectivity index (χ4v) is 4.57. The predicted octanol–water partition coefficient (Wildman–Crippen LogP) is 2.96. The Balaban J connectivity index is 1.62. The lowest BCUT2D eigenvalue weighted by Gasteiger charge is -2.32. The number of esters is 1. The minimum atomic E-state index is -0.266. The summed E-state index contributed by atoms with van der Waals surface area (Å²) in [6.45, 7) is 5.64. The van der Waals surface area contributed by atoms with E-state index in [0.29, 0.717) is 4.88 Å². The van der Waals surface area contributed by atoms with E-state index in [0.717, 1.165) is 54.9 Å². The highest BCUT2D eigenvalue weighted by Crippen LogP contribution is 2.34. The van der Waals surface area contributed by atoms with Gasteiger partial charge in [0.25, 0.3) is 0 Å². The van der Waals surface area contributed by atoms with E-state index in [1.807, 2.05) is 6.07 Å². The van der Waals surface area contributed by atoms with Crippen molar-refractivity contribution < 1.29 is 9.53 Å². The highest BCUT2D eigenvalue weighted by molar-refractivity contribution is 7.20. The van der Waals surface area contributed by atoms with Crippen LogP contribution in [0.4, 0.5) is 0 Å². The molecule has 0 spiro atoms. The zero-order valence-corrected chi connectivity index (χ0v) is 15.5. The van der Waals surface area contributed by atoms with E-state index < -0.39 is 0 Å². The summed E-state index contributed by atoms with van der Waals surface area (Å²) in [5, 5.41) is 2.38. The summed E-state index contributed by atoms with van der Waals surface area (Å²) >= 11 is 1.46. The van der Waals surface area contributed by atoms with Gasteiger partial charge in [0.15, 0.2) is 0 Å². The molecule has 0 amide bonds. The number of carbonyl (C=O) groups is 1. The second-order valence-electron chi connectivity index (χ2n) is 6.70. The molecule has 1 saturated heterocycles. The number of rotatable bonds is 4. The Morgan fingerprint density at radius 3 is 2.84 bits per heavy atom. The lowest BCUT2D eigenvalue weighted by molar-refractivity contribution is 0.0606. The smallest absolute Gasteiger partial charge is 0.348 e. The van der Waals surface area contributed by atoms with Gasteiger partial charge in [-0.25, -0.2) is 4.79 Å². The van der Waals surface area contributed by atoms with Crippen LogP contribution in [0, 0.1) is 0 Å². The van der Waals surface area contributed by atoms with Crippen LogP contribution in [0.3, 0.4) is 0 Å². The van der Waals surface area contributed by atoms with E-state index in [9.17, 15) is 4.79 Å². The highest BCUT2D eigenvalue weighted by Gasteiger charge is 2.17. The summed E-state index contributed by atoms with van der Waals surface area (Å²) in [5.41, 5.74) is 2.49. The number of nitrogens with zero attached hydrogens (tertiary/aromatic N) is 2. The number of carbonyl (C=O) groups excluding carboxylic acids is 1. The van der Waals surface area contributed by atoms with Gasteiger partial charge in [0.05, 0.1) is 7.11 Å². The Labute approximate surface area is 151 Å². The first-order chi connectivity index (χ1) is 12.2. The topological polar surface area (TPSA) is 48.6 Å². The molecule has 0 aliphatic carbocycles. The second kappa shape index (κ2) is 6.78. The van der Waals surface area contributed by atoms with Crippen molar-refractivity contribution in [1.29, 1.82) is 0 Å². The first-order valence-corrected chi connectivity index (χ1v) is 9.49. The van der Waals surface area contributed by atoms with Gasteiger partial charge in [-0.05, 0) is 31.2 Å². The first-order valence-electron chi connectivity index (χ1n) is 8.68. The van der Waals surface area contributed by atoms with E-state index in [4.69, 9.17) is 4.74 Å². The Bertz CT molecular complexity index is 906. The summed E-state index contributed by atoms with van der Waals surface area (Å²) in [4.78, 5) is 21.9. The third kappa shape index (κ3) is 3.17. The van der Waals surface area contributed by atoms with E-state index in [2.05, 4.69) is 40.0 Å². The van der Waals surface area contributed by atoms with Gasteiger partial charge in [0.2, 0.25) is 0 Å². The van der Waals surface area contributed by atoms with Gasteiger partial charge in [-0.3, -0.25) is 0 Å². The number of hydrogen-bond donors (Lipinski definition) is 1. The van der Waals surface area contributed by atoms with Crippen molar-refractivity contribution >= 4 is 38.4 Å². The normalized spacial score (nSPS) is 16.7. The Morgan fingerprint density at radius 2 is 2.08 bits per heavy atom. The number of fused-ring (bicyclic) bond motifs is 3. The fourth-order valence-electron chi connectivity index (χ4n) is 3.57. The number of benzene rings is 1. The zero-order valence-electron chi connectivity index (χ0n) is 14.7. The van der Waals surface area contributed by atoms with Gasteiger partial charge >= 0.3 is 5.97 Å². The lowest BCUT2D eigenvalue weighted by atomic mass is 10.0. The number of ether oxygens (including phenoxy) is 1. The van der Waals surface area contributed by atoms with Gasteiger partial charge in [-0.1, -0.05) is 12.1 Å². The van der Waals surface area contributed by atoms with Crippen molar-refractivity contribution in [1.82, 2.24) is 14.8 Å². The quantitative estimate of drug-likeness (QED) is 0.730. The number of nitrogens with one attached hydrogen (secondary N) is 1. The molecule has 4 rings (SSSR count). The van der Waals surface area contributed by atoms with Crippen LogP contribution in [0.1, 0.15) is 15.2 Å². The molecule has 25 heavy (non-hydrogen) atoms. The third-order valence-corrected chi connectivity index (χ3v) is 6.11. The second-order valence-corrected chi connectivity index (χ2v) is 7.76. The molecule has 1 aliphatic heterocycles. The molecule has 6 heteroatoms. The van der Waals surface area contributed by atoms with Crippen molar-refractivity contribution in [3.63, 3.8) is 0 Å². The highest BCUT2D eigenvalue weighted by atomic mass is 32.1. The molecule has 1 aliphatic rings. The van der Waals surface area contributed by atoms with Crippen molar-refractivity contribution in [3.8, 4) is 0 Å². The van der Waals surface area contributed by atoms with Gasteiger partial charge in [0, 0.05) is 49.0 Å². The standard InChI is InChI=1S/C19H23N3O2S/c1-21-8-10-22(11-9-21)7-6-13-4-3-5-15-17(13)14-12-16(19(23)24-2)25-18(14)20-15/h3-5,12,20H,6-11H2,1-2H3. The van der Waals surface area contributed by atoms with Crippen LogP contribution in [0.5, 0.6) is 0 Å².